The molecule has 0 saturated carbocycles. The Morgan fingerprint density at radius 3 is 2.43 bits per heavy atom. The summed E-state index contributed by atoms with van der Waals surface area (Å²) in [7, 11) is 1.79. The molecule has 2 aromatic heterocycles. The van der Waals surface area contributed by atoms with E-state index in [-0.39, 0.29) is 5.54 Å². The van der Waals surface area contributed by atoms with Crippen LogP contribution in [0.5, 0.6) is 0 Å². The van der Waals surface area contributed by atoms with E-state index in [2.05, 4.69) is 61.9 Å². The minimum absolute atomic E-state index is 0.341. The van der Waals surface area contributed by atoms with Gasteiger partial charge in [0.05, 0.1) is 21.3 Å². The van der Waals surface area contributed by atoms with Gasteiger partial charge in [-0.1, -0.05) is 30.3 Å². The number of thiazole rings is 1. The van der Waals surface area contributed by atoms with Crippen LogP contribution < -0.4 is 16.0 Å². The quantitative estimate of drug-likeness (QED) is 0.442. The monoisotopic (exact) mass is 391 g/mol. The first-order valence-corrected chi connectivity index (χ1v) is 9.79. The summed E-state index contributed by atoms with van der Waals surface area (Å²) in [6.07, 6.45) is 0. The fraction of sp³-hybridized carbons (Fsp3) is 0.200. The lowest BCUT2D eigenvalue weighted by Gasteiger charge is -2.27. The average Bonchev–Trinajstić information content (AvgIpc) is 3.16. The van der Waals surface area contributed by atoms with Crippen LogP contribution >= 0.6 is 11.3 Å². The summed E-state index contributed by atoms with van der Waals surface area (Å²) in [4.78, 5) is 17.7. The Morgan fingerprint density at radius 2 is 1.64 bits per heavy atom. The van der Waals surface area contributed by atoms with Gasteiger partial charge in [-0.05, 0) is 37.6 Å². The van der Waals surface area contributed by atoms with E-state index in [0.29, 0.717) is 17.8 Å². The van der Waals surface area contributed by atoms with Crippen molar-refractivity contribution in [2.24, 2.45) is 0 Å². The molecular weight excluding hydrogens is 370 g/mol. The Labute approximate surface area is 167 Å². The van der Waals surface area contributed by atoms with E-state index >= 15 is 0 Å². The van der Waals surface area contributed by atoms with Crippen LogP contribution in [0.3, 0.4) is 0 Å². The number of nitrogens with zero attached hydrogens (tertiary/aromatic N) is 4. The van der Waals surface area contributed by atoms with Gasteiger partial charge < -0.3 is 16.0 Å². The number of fused-ring (bicyclic) bond motifs is 1. The number of rotatable bonds is 6. The van der Waals surface area contributed by atoms with Gasteiger partial charge in [0.2, 0.25) is 17.8 Å². The first kappa shape index (κ1) is 18.1. The highest BCUT2D eigenvalue weighted by atomic mass is 32.1. The summed E-state index contributed by atoms with van der Waals surface area (Å²) >= 11 is 1.60. The Balaban J connectivity index is 1.62. The Bertz CT molecular complexity index is 1090. The molecule has 0 atom stereocenters. The highest BCUT2D eigenvalue weighted by Crippen LogP contribution is 2.26. The Kier molecular flexibility index (Phi) is 4.79. The van der Waals surface area contributed by atoms with E-state index in [9.17, 15) is 0 Å². The van der Waals surface area contributed by atoms with Gasteiger partial charge in [-0.25, -0.2) is 4.98 Å². The van der Waals surface area contributed by atoms with E-state index in [4.69, 9.17) is 0 Å². The van der Waals surface area contributed by atoms with E-state index in [1.807, 2.05) is 41.9 Å². The molecule has 0 fully saturated rings. The number of anilines is 4. The third-order valence-corrected chi connectivity index (χ3v) is 5.16. The van der Waals surface area contributed by atoms with Gasteiger partial charge in [0.25, 0.3) is 0 Å². The topological polar surface area (TPSA) is 87.7 Å². The molecule has 4 rings (SSSR count). The lowest BCUT2D eigenvalue weighted by Crippen LogP contribution is -2.29. The first-order chi connectivity index (χ1) is 13.5. The highest BCUT2D eigenvalue weighted by Gasteiger charge is 2.22. The van der Waals surface area contributed by atoms with Crippen molar-refractivity contribution in [1.29, 1.82) is 0 Å². The van der Waals surface area contributed by atoms with Crippen molar-refractivity contribution >= 4 is 45.1 Å². The predicted octanol–water partition coefficient (Wildman–Crippen LogP) is 4.61. The molecule has 28 heavy (non-hydrogen) atoms. The molecule has 0 aliphatic rings. The van der Waals surface area contributed by atoms with Crippen molar-refractivity contribution < 1.29 is 0 Å². The molecule has 2 heterocycles. The zero-order valence-corrected chi connectivity index (χ0v) is 16.7. The molecule has 2 aromatic carbocycles. The van der Waals surface area contributed by atoms with Gasteiger partial charge in [0.15, 0.2) is 0 Å². The van der Waals surface area contributed by atoms with Crippen molar-refractivity contribution in [1.82, 2.24) is 19.9 Å². The maximum absolute atomic E-state index is 4.56. The Hall–Kier alpha value is -3.26. The fourth-order valence-corrected chi connectivity index (χ4v) is 3.58. The third-order valence-electron chi connectivity index (χ3n) is 4.37. The van der Waals surface area contributed by atoms with Crippen molar-refractivity contribution in [3.63, 3.8) is 0 Å². The van der Waals surface area contributed by atoms with Crippen LogP contribution in [0.2, 0.25) is 0 Å². The van der Waals surface area contributed by atoms with Gasteiger partial charge in [-0.3, -0.25) is 0 Å². The SMILES string of the molecule is CNc1nc(Nc2ccc3ncsc3c2)nc(NC(C)(C)c2ccccc2)n1. The predicted molar refractivity (Wildman–Crippen MR) is 115 cm³/mol. The van der Waals surface area contributed by atoms with Crippen molar-refractivity contribution in [2.75, 3.05) is 23.0 Å². The second-order valence-electron chi connectivity index (χ2n) is 6.83. The van der Waals surface area contributed by atoms with E-state index < -0.39 is 0 Å². The van der Waals surface area contributed by atoms with Gasteiger partial charge in [-0.2, -0.15) is 15.0 Å². The molecule has 0 saturated heterocycles. The van der Waals surface area contributed by atoms with Crippen LogP contribution in [-0.2, 0) is 5.54 Å². The first-order valence-electron chi connectivity index (χ1n) is 8.91. The molecule has 142 valence electrons. The number of nitrogens with one attached hydrogen (secondary N) is 3. The molecule has 0 unspecified atom stereocenters. The molecule has 7 nitrogen and oxygen atoms in total. The zero-order valence-electron chi connectivity index (χ0n) is 15.9. The summed E-state index contributed by atoms with van der Waals surface area (Å²) < 4.78 is 1.11. The summed E-state index contributed by atoms with van der Waals surface area (Å²) in [5, 5.41) is 9.67. The summed E-state index contributed by atoms with van der Waals surface area (Å²) in [5.41, 5.74) is 4.52. The number of hydrogen-bond acceptors (Lipinski definition) is 8. The van der Waals surface area contributed by atoms with E-state index in [1.165, 1.54) is 0 Å². The zero-order chi connectivity index (χ0) is 19.6. The lowest BCUT2D eigenvalue weighted by atomic mass is 9.95. The maximum Gasteiger partial charge on any atom is 0.233 e. The molecule has 0 aliphatic carbocycles. The van der Waals surface area contributed by atoms with Crippen LogP contribution in [0.1, 0.15) is 19.4 Å². The molecule has 8 heteroatoms. The van der Waals surface area contributed by atoms with Gasteiger partial charge in [-0.15, -0.1) is 11.3 Å². The minimum atomic E-state index is -0.341. The minimum Gasteiger partial charge on any atom is -0.357 e. The molecule has 0 aliphatic heterocycles. The van der Waals surface area contributed by atoms with Crippen LogP contribution in [0, 0.1) is 0 Å². The van der Waals surface area contributed by atoms with Crippen LogP contribution in [0.4, 0.5) is 23.5 Å². The largest absolute Gasteiger partial charge is 0.357 e. The van der Waals surface area contributed by atoms with Gasteiger partial charge >= 0.3 is 0 Å². The maximum atomic E-state index is 4.56. The molecule has 4 aromatic rings. The fourth-order valence-electron chi connectivity index (χ4n) is 2.87. The average molecular weight is 392 g/mol. The summed E-state index contributed by atoms with van der Waals surface area (Å²) in [6, 6.07) is 16.2. The van der Waals surface area contributed by atoms with Crippen LogP contribution in [-0.4, -0.2) is 27.0 Å². The van der Waals surface area contributed by atoms with Crippen molar-refractivity contribution in [3.05, 3.63) is 59.6 Å². The lowest BCUT2D eigenvalue weighted by molar-refractivity contribution is 0.601. The number of aromatic nitrogens is 4. The van der Waals surface area contributed by atoms with Crippen LogP contribution in [0.25, 0.3) is 10.2 Å². The second-order valence-corrected chi connectivity index (χ2v) is 7.72. The molecule has 0 radical (unpaired) electrons. The van der Waals surface area contributed by atoms with E-state index in [1.54, 1.807) is 18.4 Å². The Morgan fingerprint density at radius 1 is 0.893 bits per heavy atom. The van der Waals surface area contributed by atoms with Gasteiger partial charge in [0.1, 0.15) is 0 Å². The summed E-state index contributed by atoms with van der Waals surface area (Å²) in [6.45, 7) is 4.19. The third kappa shape index (κ3) is 3.86. The van der Waals surface area contributed by atoms with Crippen molar-refractivity contribution in [2.45, 2.75) is 19.4 Å². The number of benzene rings is 2. The highest BCUT2D eigenvalue weighted by molar-refractivity contribution is 7.16. The van der Waals surface area contributed by atoms with Gasteiger partial charge in [0, 0.05) is 12.7 Å². The number of hydrogen-bond donors (Lipinski definition) is 3. The van der Waals surface area contributed by atoms with Crippen molar-refractivity contribution in [3.8, 4) is 0 Å². The molecule has 3 N–H and O–H groups in total. The molecule has 0 bridgehead atoms. The molecule has 0 amide bonds. The normalized spacial score (nSPS) is 11.4. The molecule has 0 spiro atoms. The standard InChI is InChI=1S/C20H21N7S/c1-20(2,13-7-5-4-6-8-13)27-19-25-17(21-3)24-18(26-19)23-14-9-10-15-16(11-14)28-12-22-15/h4-12H,1-3H3,(H3,21,23,24,25,26,27). The van der Waals surface area contributed by atoms with Crippen LogP contribution in [0.15, 0.2) is 54.0 Å². The smallest absolute Gasteiger partial charge is 0.233 e. The molecular formula is C20H21N7S. The van der Waals surface area contributed by atoms with E-state index in [0.717, 1.165) is 21.5 Å². The summed E-state index contributed by atoms with van der Waals surface area (Å²) in [5.74, 6) is 1.45. The second kappa shape index (κ2) is 7.40.